The van der Waals surface area contributed by atoms with Crippen LogP contribution in [0.1, 0.15) is 12.8 Å². The lowest BCUT2D eigenvalue weighted by Crippen LogP contribution is -2.36. The second kappa shape index (κ2) is 5.07. The number of carbonyl (C=O) groups is 1. The smallest absolute Gasteiger partial charge is 0.238 e. The molecular formula is C11H10Cl3N3O2. The third kappa shape index (κ3) is 2.59. The second-order valence-corrected chi connectivity index (χ2v) is 5.52. The molecular weight excluding hydrogens is 312 g/mol. The van der Waals surface area contributed by atoms with E-state index in [1.165, 1.54) is 12.1 Å². The zero-order valence-electron chi connectivity index (χ0n) is 9.58. The maximum absolute atomic E-state index is 12.2. The molecule has 1 aromatic carbocycles. The molecule has 0 bridgehead atoms. The van der Waals surface area contributed by atoms with Crippen LogP contribution in [0.2, 0.25) is 15.1 Å². The van der Waals surface area contributed by atoms with Crippen LogP contribution in [0.5, 0.6) is 0 Å². The highest BCUT2D eigenvalue weighted by atomic mass is 35.5. The summed E-state index contributed by atoms with van der Waals surface area (Å²) in [5.74, 6) is -0.528. The number of carbonyl (C=O) groups excluding carboxylic acids is 1. The number of anilines is 1. The van der Waals surface area contributed by atoms with E-state index in [0.29, 0.717) is 17.9 Å². The van der Waals surface area contributed by atoms with Crippen molar-refractivity contribution in [1.82, 2.24) is 0 Å². The highest BCUT2D eigenvalue weighted by Gasteiger charge is 2.54. The lowest BCUT2D eigenvalue weighted by atomic mass is 10.1. The fourth-order valence-corrected chi connectivity index (χ4v) is 2.63. The number of hydrogen-bond donors (Lipinski definition) is 3. The van der Waals surface area contributed by atoms with Crippen LogP contribution in [0, 0.1) is 5.41 Å². The van der Waals surface area contributed by atoms with Crippen LogP contribution >= 0.6 is 34.8 Å². The third-order valence-electron chi connectivity index (χ3n) is 3.03. The maximum Gasteiger partial charge on any atom is 0.238 e. The summed E-state index contributed by atoms with van der Waals surface area (Å²) < 4.78 is 0. The van der Waals surface area contributed by atoms with Gasteiger partial charge in [-0.1, -0.05) is 40.0 Å². The van der Waals surface area contributed by atoms with Crippen LogP contribution in [0.3, 0.4) is 0 Å². The van der Waals surface area contributed by atoms with Gasteiger partial charge in [0.1, 0.15) is 5.41 Å². The first kappa shape index (κ1) is 14.2. The maximum atomic E-state index is 12.2. The van der Waals surface area contributed by atoms with Crippen molar-refractivity contribution in [1.29, 1.82) is 0 Å². The van der Waals surface area contributed by atoms with E-state index < -0.39 is 11.3 Å². The van der Waals surface area contributed by atoms with Crippen molar-refractivity contribution in [3.63, 3.8) is 0 Å². The number of benzene rings is 1. The highest BCUT2D eigenvalue weighted by Crippen LogP contribution is 2.47. The van der Waals surface area contributed by atoms with Crippen molar-refractivity contribution in [3.05, 3.63) is 27.2 Å². The summed E-state index contributed by atoms with van der Waals surface area (Å²) >= 11 is 17.7. The van der Waals surface area contributed by atoms with Crippen LogP contribution in [0.4, 0.5) is 5.69 Å². The standard InChI is InChI=1S/C11H10Cl3N3O2/c12-5-3-6(13)8(7(14)4-5)16-10(18)11(1-2-11)9(15)17-19/h3-4,19H,1-2H2,(H2,15,17)(H,16,18). The van der Waals surface area contributed by atoms with E-state index >= 15 is 0 Å². The molecule has 8 heteroatoms. The van der Waals surface area contributed by atoms with E-state index in [0.717, 1.165) is 0 Å². The normalized spacial score (nSPS) is 17.1. The minimum Gasteiger partial charge on any atom is -0.409 e. The number of halogens is 3. The third-order valence-corrected chi connectivity index (χ3v) is 3.84. The van der Waals surface area contributed by atoms with Gasteiger partial charge in [-0.3, -0.25) is 4.79 Å². The fourth-order valence-electron chi connectivity index (χ4n) is 1.72. The first-order valence-electron chi connectivity index (χ1n) is 5.35. The van der Waals surface area contributed by atoms with Crippen molar-refractivity contribution >= 4 is 52.2 Å². The van der Waals surface area contributed by atoms with Crippen molar-refractivity contribution in [2.45, 2.75) is 12.8 Å². The van der Waals surface area contributed by atoms with Gasteiger partial charge < -0.3 is 16.3 Å². The number of nitrogens with two attached hydrogens (primary N) is 1. The Bertz CT molecular complexity index is 547. The quantitative estimate of drug-likeness (QED) is 0.346. The zero-order valence-corrected chi connectivity index (χ0v) is 11.9. The summed E-state index contributed by atoms with van der Waals surface area (Å²) in [6, 6.07) is 2.93. The lowest BCUT2D eigenvalue weighted by Gasteiger charge is -2.15. The summed E-state index contributed by atoms with van der Waals surface area (Å²) in [5.41, 5.74) is 4.81. The first-order chi connectivity index (χ1) is 8.90. The number of nitrogens with one attached hydrogen (secondary N) is 1. The van der Waals surface area contributed by atoms with Crippen LogP contribution in [-0.2, 0) is 4.79 Å². The highest BCUT2D eigenvalue weighted by molar-refractivity contribution is 6.42. The van der Waals surface area contributed by atoms with E-state index in [2.05, 4.69) is 10.5 Å². The summed E-state index contributed by atoms with van der Waals surface area (Å²) in [7, 11) is 0. The molecule has 4 N–H and O–H groups in total. The topological polar surface area (TPSA) is 87.7 Å². The molecule has 1 aliphatic rings. The van der Waals surface area contributed by atoms with Gasteiger partial charge in [-0.25, -0.2) is 0 Å². The molecule has 0 heterocycles. The van der Waals surface area contributed by atoms with E-state index in [1.54, 1.807) is 0 Å². The molecule has 0 aromatic heterocycles. The monoisotopic (exact) mass is 321 g/mol. The van der Waals surface area contributed by atoms with E-state index in [9.17, 15) is 4.79 Å². The molecule has 1 amide bonds. The van der Waals surface area contributed by atoms with Crippen LogP contribution < -0.4 is 11.1 Å². The fraction of sp³-hybridized carbons (Fsp3) is 0.273. The van der Waals surface area contributed by atoms with Gasteiger partial charge in [-0.15, -0.1) is 0 Å². The van der Waals surface area contributed by atoms with Crippen LogP contribution in [-0.4, -0.2) is 17.0 Å². The molecule has 1 aliphatic carbocycles. The summed E-state index contributed by atoms with van der Waals surface area (Å²) in [6.07, 6.45) is 1.02. The zero-order chi connectivity index (χ0) is 14.2. The molecule has 1 fully saturated rings. The molecule has 1 aromatic rings. The Morgan fingerprint density at radius 2 is 1.84 bits per heavy atom. The number of rotatable bonds is 3. The Morgan fingerprint density at radius 1 is 1.32 bits per heavy atom. The minimum absolute atomic E-state index is 0.119. The summed E-state index contributed by atoms with van der Waals surface area (Å²) in [5, 5.41) is 15.0. The number of amides is 1. The molecule has 0 aliphatic heterocycles. The Balaban J connectivity index is 2.26. The predicted octanol–water partition coefficient (Wildman–Crippen LogP) is 3.11. The van der Waals surface area contributed by atoms with Gasteiger partial charge in [-0.2, -0.15) is 0 Å². The second-order valence-electron chi connectivity index (χ2n) is 4.27. The molecule has 19 heavy (non-hydrogen) atoms. The SMILES string of the molecule is NC(=NO)C1(C(=O)Nc2c(Cl)cc(Cl)cc2Cl)CC1. The van der Waals surface area contributed by atoms with Gasteiger partial charge in [0.05, 0.1) is 15.7 Å². The van der Waals surface area contributed by atoms with Crippen molar-refractivity contribution in [2.75, 3.05) is 5.32 Å². The predicted molar refractivity (Wildman–Crippen MR) is 75.2 cm³/mol. The summed E-state index contributed by atoms with van der Waals surface area (Å²) in [6.45, 7) is 0. The minimum atomic E-state index is -0.971. The molecule has 0 atom stereocenters. The average molecular weight is 323 g/mol. The Hall–Kier alpha value is -1.17. The van der Waals surface area contributed by atoms with Gasteiger partial charge in [-0.05, 0) is 25.0 Å². The van der Waals surface area contributed by atoms with Crippen molar-refractivity contribution in [3.8, 4) is 0 Å². The van der Waals surface area contributed by atoms with Gasteiger partial charge in [0.2, 0.25) is 5.91 Å². The van der Waals surface area contributed by atoms with E-state index in [-0.39, 0.29) is 21.6 Å². The number of amidine groups is 1. The number of nitrogens with zero attached hydrogens (tertiary/aromatic N) is 1. The molecule has 0 radical (unpaired) electrons. The first-order valence-corrected chi connectivity index (χ1v) is 6.48. The van der Waals surface area contributed by atoms with Gasteiger partial charge in [0.15, 0.2) is 5.84 Å². The van der Waals surface area contributed by atoms with Crippen molar-refractivity contribution in [2.24, 2.45) is 16.3 Å². The number of hydrogen-bond acceptors (Lipinski definition) is 3. The van der Waals surface area contributed by atoms with Crippen molar-refractivity contribution < 1.29 is 10.0 Å². The van der Waals surface area contributed by atoms with Crippen LogP contribution in [0.25, 0.3) is 0 Å². The van der Waals surface area contributed by atoms with Gasteiger partial charge in [0, 0.05) is 5.02 Å². The number of oxime groups is 1. The van der Waals surface area contributed by atoms with Crippen LogP contribution in [0.15, 0.2) is 17.3 Å². The molecule has 0 saturated heterocycles. The Morgan fingerprint density at radius 3 is 2.26 bits per heavy atom. The molecule has 0 spiro atoms. The lowest BCUT2D eigenvalue weighted by molar-refractivity contribution is -0.119. The molecule has 102 valence electrons. The molecule has 0 unspecified atom stereocenters. The Kier molecular flexibility index (Phi) is 3.80. The average Bonchev–Trinajstić information content (AvgIpc) is 3.13. The molecule has 2 rings (SSSR count). The van der Waals surface area contributed by atoms with E-state index in [4.69, 9.17) is 45.7 Å². The largest absolute Gasteiger partial charge is 0.409 e. The molecule has 5 nitrogen and oxygen atoms in total. The van der Waals surface area contributed by atoms with Gasteiger partial charge in [0.25, 0.3) is 0 Å². The summed E-state index contributed by atoms with van der Waals surface area (Å²) in [4.78, 5) is 12.2. The van der Waals surface area contributed by atoms with E-state index in [1.807, 2.05) is 0 Å². The Labute approximate surface area is 124 Å². The van der Waals surface area contributed by atoms with Gasteiger partial charge >= 0.3 is 0 Å². The molecule has 1 saturated carbocycles.